The maximum atomic E-state index is 12.8. The van der Waals surface area contributed by atoms with Gasteiger partial charge in [-0.1, -0.05) is 89.7 Å². The lowest BCUT2D eigenvalue weighted by Gasteiger charge is -2.04. The highest BCUT2D eigenvalue weighted by Crippen LogP contribution is 2.23. The topological polar surface area (TPSA) is 101 Å². The van der Waals surface area contributed by atoms with E-state index in [2.05, 4.69) is 63.7 Å². The van der Waals surface area contributed by atoms with Gasteiger partial charge in [-0.3, -0.25) is 0 Å². The minimum Gasteiger partial charge on any atom is -0.392 e. The highest BCUT2D eigenvalue weighted by molar-refractivity contribution is 9.11. The van der Waals surface area contributed by atoms with Gasteiger partial charge in [0.1, 0.15) is 34.9 Å². The van der Waals surface area contributed by atoms with Crippen molar-refractivity contribution in [3.63, 3.8) is 0 Å². The van der Waals surface area contributed by atoms with E-state index >= 15 is 0 Å². The van der Waals surface area contributed by atoms with Crippen LogP contribution >= 0.6 is 75.3 Å². The Morgan fingerprint density at radius 2 is 0.980 bits per heavy atom. The monoisotopic (exact) mass is 994 g/mol. The van der Waals surface area contributed by atoms with Crippen molar-refractivity contribution in [2.24, 2.45) is 0 Å². The summed E-state index contributed by atoms with van der Waals surface area (Å²) < 4.78 is 78.4. The van der Waals surface area contributed by atoms with E-state index in [9.17, 15) is 26.3 Å². The molecular weight excluding hydrogens is 969 g/mol. The fourth-order valence-corrected chi connectivity index (χ4v) is 5.23. The zero-order valence-electron chi connectivity index (χ0n) is 26.0. The second-order valence-corrected chi connectivity index (χ2v) is 13.4. The van der Waals surface area contributed by atoms with Crippen LogP contribution < -0.4 is 0 Å². The zero-order valence-corrected chi connectivity index (χ0v) is 33.1. The molecule has 5 N–H and O–H groups in total. The van der Waals surface area contributed by atoms with Gasteiger partial charge in [0, 0.05) is 35.7 Å². The van der Waals surface area contributed by atoms with E-state index < -0.39 is 22.8 Å². The van der Waals surface area contributed by atoms with Gasteiger partial charge in [0.2, 0.25) is 0 Å². The molecule has 5 nitrogen and oxygen atoms in total. The molecule has 0 saturated heterocycles. The van der Waals surface area contributed by atoms with Crippen molar-refractivity contribution in [2.75, 3.05) is 0 Å². The van der Waals surface area contributed by atoms with E-state index in [1.165, 1.54) is 24.3 Å². The first-order chi connectivity index (χ1) is 24.1. The highest BCUT2D eigenvalue weighted by atomic mass is 79.9. The number of hydrogen-bond donors (Lipinski definition) is 5. The van der Waals surface area contributed by atoms with Gasteiger partial charge >= 0.3 is 0 Å². The zero-order chi connectivity index (χ0) is 38.7. The molecule has 0 aromatic heterocycles. The Morgan fingerprint density at radius 1 is 0.490 bits per heavy atom. The number of halogens is 11. The van der Waals surface area contributed by atoms with E-state index in [-0.39, 0.29) is 49.7 Å². The minimum absolute atomic E-state index is 0.251. The molecule has 0 aliphatic rings. The van der Waals surface area contributed by atoms with Crippen LogP contribution in [-0.4, -0.2) is 25.5 Å². The van der Waals surface area contributed by atoms with Crippen molar-refractivity contribution >= 4 is 75.3 Å². The number of aliphatic hydroxyl groups excluding tert-OH is 5. The van der Waals surface area contributed by atoms with Gasteiger partial charge in [0.15, 0.2) is 5.56 Å². The van der Waals surface area contributed by atoms with Crippen molar-refractivity contribution in [1.29, 1.82) is 0 Å². The van der Waals surface area contributed by atoms with E-state index in [1.54, 1.807) is 54.6 Å². The fraction of sp³-hybridized carbons (Fsp3) is 0.143. The van der Waals surface area contributed by atoms with Gasteiger partial charge in [-0.2, -0.15) is 0 Å². The highest BCUT2D eigenvalue weighted by Gasteiger charge is 2.14. The molecule has 1 unspecified atom stereocenters. The lowest BCUT2D eigenvalue weighted by Crippen LogP contribution is -1.97. The molecule has 0 heterocycles. The van der Waals surface area contributed by atoms with Crippen LogP contribution in [0, 0.1) is 34.9 Å². The molecule has 0 aliphatic heterocycles. The summed E-state index contributed by atoms with van der Waals surface area (Å²) in [6.45, 7) is -1.04. The summed E-state index contributed by atoms with van der Waals surface area (Å²) in [7, 11) is 0. The minimum atomic E-state index is -1.63. The Morgan fingerprint density at radius 3 is 1.41 bits per heavy atom. The average molecular weight is 999 g/mol. The summed E-state index contributed by atoms with van der Waals surface area (Å²) in [5.74, 6) is -3.19. The summed E-state index contributed by atoms with van der Waals surface area (Å²) in [5, 5.41) is 43.0. The molecule has 0 amide bonds. The average Bonchev–Trinajstić information content (AvgIpc) is 3.08. The fourth-order valence-electron chi connectivity index (χ4n) is 3.41. The van der Waals surface area contributed by atoms with Gasteiger partial charge in [0.05, 0.1) is 36.5 Å². The number of rotatable bonds is 5. The summed E-state index contributed by atoms with van der Waals surface area (Å²) in [4.78, 5) is 0. The number of alkyl halides is 1. The Balaban J connectivity index is 0.000000319. The molecule has 5 aromatic carbocycles. The number of benzene rings is 5. The van der Waals surface area contributed by atoms with Crippen LogP contribution in [0.25, 0.3) is 0 Å². The van der Waals surface area contributed by atoms with Gasteiger partial charge < -0.3 is 25.5 Å². The predicted molar refractivity (Wildman–Crippen MR) is 197 cm³/mol. The second kappa shape index (κ2) is 24.8. The molecule has 16 heteroatoms. The Bertz CT molecular complexity index is 1780. The van der Waals surface area contributed by atoms with Crippen molar-refractivity contribution in [3.8, 4) is 0 Å². The van der Waals surface area contributed by atoms with E-state index in [0.29, 0.717) is 35.7 Å². The van der Waals surface area contributed by atoms with E-state index in [0.717, 1.165) is 16.6 Å². The molecule has 1 atom stereocenters. The SMILES string of the molecule is OC(Cl)c1c(F)cccc1F.OCc1c(F)cccc1Br.OCc1cc(Br)ccc1F.OCc1ccc(Br)cc1F.OCc1cccc(Br)c1F. The molecule has 0 spiro atoms. The van der Waals surface area contributed by atoms with Gasteiger partial charge in [-0.25, -0.2) is 26.3 Å². The summed E-state index contributed by atoms with van der Waals surface area (Å²) >= 11 is 17.5. The first-order valence-electron chi connectivity index (χ1n) is 14.0. The lowest BCUT2D eigenvalue weighted by atomic mass is 10.2. The third-order valence-corrected chi connectivity index (χ3v) is 8.58. The summed E-state index contributed by atoms with van der Waals surface area (Å²) in [6.07, 6.45) is 0. The molecule has 5 aromatic rings. The van der Waals surface area contributed by atoms with Crippen molar-refractivity contribution in [1.82, 2.24) is 0 Å². The Hall–Kier alpha value is -2.31. The second-order valence-electron chi connectivity index (χ2n) is 9.49. The van der Waals surface area contributed by atoms with Crippen LogP contribution in [0.15, 0.2) is 109 Å². The standard InChI is InChI=1S/4C7H6BrFO.C7H5ClF2O/c8-6-1-2-7(9)5(3-6)4-10;8-6-2-1-5(4-10)7(9)3-6;8-6-2-1-3-7(9)5(6)4-10;8-6-3-1-2-5(4-10)7(6)9;8-7(11)6-4(9)2-1-3-5(6)10/h4*1-3,10H,4H2;1-3,7,11H. The molecular formula is C35H29Br4ClF6O5. The summed E-state index contributed by atoms with van der Waals surface area (Å²) in [6, 6.07) is 21.7. The van der Waals surface area contributed by atoms with Gasteiger partial charge in [0.25, 0.3) is 0 Å². The third-order valence-electron chi connectivity index (χ3n) is 6.02. The smallest absolute Gasteiger partial charge is 0.159 e. The third kappa shape index (κ3) is 16.5. The Labute approximate surface area is 328 Å². The van der Waals surface area contributed by atoms with Crippen LogP contribution in [0.3, 0.4) is 0 Å². The first-order valence-corrected chi connectivity index (χ1v) is 17.7. The van der Waals surface area contributed by atoms with Gasteiger partial charge in [-0.05, 0) is 76.6 Å². The van der Waals surface area contributed by atoms with Crippen LogP contribution in [0.1, 0.15) is 33.4 Å². The largest absolute Gasteiger partial charge is 0.392 e. The molecule has 276 valence electrons. The maximum Gasteiger partial charge on any atom is 0.159 e. The van der Waals surface area contributed by atoms with Crippen molar-refractivity contribution in [3.05, 3.63) is 172 Å². The predicted octanol–water partition coefficient (Wildman–Crippen LogP) is 10.5. The first kappa shape index (κ1) is 46.7. The quantitative estimate of drug-likeness (QED) is 0.0892. The molecule has 51 heavy (non-hydrogen) atoms. The molecule has 5 rings (SSSR count). The van der Waals surface area contributed by atoms with Crippen LogP contribution in [0.2, 0.25) is 0 Å². The Kier molecular flexibility index (Phi) is 22.8. The molecule has 0 fully saturated rings. The normalized spacial score (nSPS) is 10.6. The van der Waals surface area contributed by atoms with Crippen LogP contribution in [0.4, 0.5) is 26.3 Å². The van der Waals surface area contributed by atoms with Gasteiger partial charge in [-0.15, -0.1) is 0 Å². The van der Waals surface area contributed by atoms with Crippen molar-refractivity contribution < 1.29 is 51.9 Å². The molecule has 0 saturated carbocycles. The number of aliphatic hydroxyl groups is 5. The molecule has 0 bridgehead atoms. The van der Waals surface area contributed by atoms with E-state index in [4.69, 9.17) is 37.1 Å². The lowest BCUT2D eigenvalue weighted by molar-refractivity contribution is 0.250. The van der Waals surface area contributed by atoms with Crippen molar-refractivity contribution in [2.45, 2.75) is 32.0 Å². The maximum absolute atomic E-state index is 12.8. The van der Waals surface area contributed by atoms with Crippen LogP contribution in [0.5, 0.6) is 0 Å². The number of hydrogen-bond acceptors (Lipinski definition) is 5. The van der Waals surface area contributed by atoms with E-state index in [1.807, 2.05) is 0 Å². The molecule has 0 aliphatic carbocycles. The summed E-state index contributed by atoms with van der Waals surface area (Å²) in [5.41, 5.74) is -0.875. The van der Waals surface area contributed by atoms with Crippen LogP contribution in [-0.2, 0) is 26.4 Å². The molecule has 0 radical (unpaired) electrons.